The third kappa shape index (κ3) is 4.56. The molecule has 148 valence electrons. The van der Waals surface area contributed by atoms with Crippen molar-refractivity contribution in [3.8, 4) is 5.75 Å². The highest BCUT2D eigenvalue weighted by molar-refractivity contribution is 6.42. The topological polar surface area (TPSA) is 49.9 Å². The molecule has 0 saturated carbocycles. The first kappa shape index (κ1) is 20.4. The van der Waals surface area contributed by atoms with E-state index >= 15 is 0 Å². The fourth-order valence-corrected chi connectivity index (χ4v) is 3.31. The molecule has 3 rings (SSSR count). The number of halogens is 3. The molecule has 0 radical (unpaired) electrons. The summed E-state index contributed by atoms with van der Waals surface area (Å²) in [6, 6.07) is 10.4. The van der Waals surface area contributed by atoms with Gasteiger partial charge in [-0.2, -0.15) is 0 Å². The normalized spacial score (nSPS) is 15.3. The second-order valence-corrected chi connectivity index (χ2v) is 7.22. The van der Waals surface area contributed by atoms with Crippen molar-refractivity contribution in [1.82, 2.24) is 9.80 Å². The predicted molar refractivity (Wildman–Crippen MR) is 105 cm³/mol. The van der Waals surface area contributed by atoms with Gasteiger partial charge in [0.1, 0.15) is 16.6 Å². The second kappa shape index (κ2) is 8.80. The van der Waals surface area contributed by atoms with Gasteiger partial charge in [-0.3, -0.25) is 9.59 Å². The van der Waals surface area contributed by atoms with E-state index in [1.807, 2.05) is 0 Å². The third-order valence-corrected chi connectivity index (χ3v) is 5.34. The van der Waals surface area contributed by atoms with Crippen LogP contribution in [0.3, 0.4) is 0 Å². The first-order chi connectivity index (χ1) is 13.4. The van der Waals surface area contributed by atoms with Gasteiger partial charge in [-0.25, -0.2) is 4.39 Å². The van der Waals surface area contributed by atoms with E-state index in [4.69, 9.17) is 27.9 Å². The predicted octanol–water partition coefficient (Wildman–Crippen LogP) is 3.88. The summed E-state index contributed by atoms with van der Waals surface area (Å²) in [4.78, 5) is 28.4. The summed E-state index contributed by atoms with van der Waals surface area (Å²) in [5, 5.41) is 0.616. The molecule has 0 aromatic heterocycles. The molecule has 1 heterocycles. The number of carbonyl (C=O) groups is 2. The summed E-state index contributed by atoms with van der Waals surface area (Å²) in [6.07, 6.45) is -0.740. The van der Waals surface area contributed by atoms with Gasteiger partial charge in [-0.15, -0.1) is 0 Å². The molecule has 5 nitrogen and oxygen atoms in total. The van der Waals surface area contributed by atoms with E-state index in [1.54, 1.807) is 34.9 Å². The lowest BCUT2D eigenvalue weighted by atomic mass is 10.1. The molecule has 2 aromatic carbocycles. The first-order valence-electron chi connectivity index (χ1n) is 8.81. The number of ether oxygens (including phenoxy) is 1. The van der Waals surface area contributed by atoms with Gasteiger partial charge in [0.2, 0.25) is 0 Å². The molecule has 2 aromatic rings. The van der Waals surface area contributed by atoms with Crippen molar-refractivity contribution in [2.24, 2.45) is 0 Å². The lowest BCUT2D eigenvalue weighted by Crippen LogP contribution is -2.53. The average molecular weight is 425 g/mol. The number of nitrogens with zero attached hydrogens (tertiary/aromatic N) is 2. The number of benzene rings is 2. The summed E-state index contributed by atoms with van der Waals surface area (Å²) in [6.45, 7) is 3.22. The highest BCUT2D eigenvalue weighted by Gasteiger charge is 2.28. The molecule has 0 aliphatic carbocycles. The van der Waals surface area contributed by atoms with Crippen LogP contribution in [-0.4, -0.2) is 53.9 Å². The van der Waals surface area contributed by atoms with Crippen LogP contribution in [0.1, 0.15) is 17.3 Å². The summed E-state index contributed by atoms with van der Waals surface area (Å²) >= 11 is 12.1. The minimum Gasteiger partial charge on any atom is -0.479 e. The van der Waals surface area contributed by atoms with Gasteiger partial charge < -0.3 is 14.5 Å². The van der Waals surface area contributed by atoms with Crippen LogP contribution in [0.2, 0.25) is 10.0 Å². The van der Waals surface area contributed by atoms with Gasteiger partial charge in [0.05, 0.1) is 5.02 Å². The van der Waals surface area contributed by atoms with E-state index < -0.39 is 6.10 Å². The molecule has 1 fully saturated rings. The molecule has 1 atom stereocenters. The van der Waals surface area contributed by atoms with Crippen molar-refractivity contribution in [2.45, 2.75) is 13.0 Å². The third-order valence-electron chi connectivity index (χ3n) is 4.54. The number of amides is 2. The van der Waals surface area contributed by atoms with Crippen molar-refractivity contribution in [1.29, 1.82) is 0 Å². The molecule has 0 bridgehead atoms. The fraction of sp³-hybridized carbons (Fsp3) is 0.300. The smallest absolute Gasteiger partial charge is 0.263 e. The zero-order valence-electron chi connectivity index (χ0n) is 15.2. The summed E-state index contributed by atoms with van der Waals surface area (Å²) in [5.41, 5.74) is 0.425. The second-order valence-electron chi connectivity index (χ2n) is 6.44. The Labute approximate surface area is 172 Å². The van der Waals surface area contributed by atoms with Gasteiger partial charge in [0, 0.05) is 31.7 Å². The van der Waals surface area contributed by atoms with Crippen LogP contribution in [0, 0.1) is 5.82 Å². The number of piperazine rings is 1. The zero-order valence-corrected chi connectivity index (χ0v) is 16.7. The summed E-state index contributed by atoms with van der Waals surface area (Å²) < 4.78 is 18.7. The van der Waals surface area contributed by atoms with E-state index in [0.29, 0.717) is 42.5 Å². The van der Waals surface area contributed by atoms with Gasteiger partial charge in [0.25, 0.3) is 11.8 Å². The molecular formula is C20H19Cl2FN2O3. The van der Waals surface area contributed by atoms with Crippen molar-refractivity contribution >= 4 is 35.0 Å². The SMILES string of the molecule is CC(Oc1cccc(Cl)c1Cl)C(=O)N1CCN(C(=O)c2ccc(F)cc2)CC1. The minimum atomic E-state index is -0.740. The van der Waals surface area contributed by atoms with E-state index in [2.05, 4.69) is 0 Å². The summed E-state index contributed by atoms with van der Waals surface area (Å²) in [5.74, 6) is -0.409. The van der Waals surface area contributed by atoms with Crippen molar-refractivity contribution in [2.75, 3.05) is 26.2 Å². The van der Waals surface area contributed by atoms with Gasteiger partial charge >= 0.3 is 0 Å². The molecule has 28 heavy (non-hydrogen) atoms. The van der Waals surface area contributed by atoms with Gasteiger partial charge in [0.15, 0.2) is 6.10 Å². The molecule has 1 unspecified atom stereocenters. The Morgan fingerprint density at radius 1 is 1.00 bits per heavy atom. The molecule has 1 aliphatic heterocycles. The van der Waals surface area contributed by atoms with Crippen LogP contribution in [0.5, 0.6) is 5.75 Å². The monoisotopic (exact) mass is 424 g/mol. The maximum absolute atomic E-state index is 13.0. The number of rotatable bonds is 4. The Morgan fingerprint density at radius 3 is 2.25 bits per heavy atom. The van der Waals surface area contributed by atoms with E-state index in [0.717, 1.165) is 0 Å². The molecular weight excluding hydrogens is 406 g/mol. The van der Waals surface area contributed by atoms with Crippen LogP contribution in [-0.2, 0) is 4.79 Å². The maximum atomic E-state index is 13.0. The summed E-state index contributed by atoms with van der Waals surface area (Å²) in [7, 11) is 0. The van der Waals surface area contributed by atoms with Crippen LogP contribution < -0.4 is 4.74 Å². The number of hydrogen-bond donors (Lipinski definition) is 0. The number of hydrogen-bond acceptors (Lipinski definition) is 3. The van der Waals surface area contributed by atoms with E-state index in [1.165, 1.54) is 24.3 Å². The molecule has 2 amide bonds. The van der Waals surface area contributed by atoms with Crippen LogP contribution in [0.15, 0.2) is 42.5 Å². The van der Waals surface area contributed by atoms with Crippen LogP contribution >= 0.6 is 23.2 Å². The van der Waals surface area contributed by atoms with E-state index in [9.17, 15) is 14.0 Å². The Morgan fingerprint density at radius 2 is 1.61 bits per heavy atom. The Hall–Kier alpha value is -2.31. The first-order valence-corrected chi connectivity index (χ1v) is 9.56. The Balaban J connectivity index is 1.56. The number of carbonyl (C=O) groups excluding carboxylic acids is 2. The average Bonchev–Trinajstić information content (AvgIpc) is 2.71. The van der Waals surface area contributed by atoms with Crippen LogP contribution in [0.4, 0.5) is 4.39 Å². The Kier molecular flexibility index (Phi) is 6.42. The van der Waals surface area contributed by atoms with Crippen molar-refractivity contribution in [3.63, 3.8) is 0 Å². The zero-order chi connectivity index (χ0) is 20.3. The van der Waals surface area contributed by atoms with Gasteiger partial charge in [-0.05, 0) is 43.3 Å². The molecule has 1 saturated heterocycles. The minimum absolute atomic E-state index is 0.179. The highest BCUT2D eigenvalue weighted by Crippen LogP contribution is 2.32. The lowest BCUT2D eigenvalue weighted by Gasteiger charge is -2.36. The highest BCUT2D eigenvalue weighted by atomic mass is 35.5. The van der Waals surface area contributed by atoms with E-state index in [-0.39, 0.29) is 22.7 Å². The fourth-order valence-electron chi connectivity index (χ4n) is 2.98. The van der Waals surface area contributed by atoms with Crippen LogP contribution in [0.25, 0.3) is 0 Å². The molecule has 1 aliphatic rings. The molecule has 0 spiro atoms. The van der Waals surface area contributed by atoms with Crippen molar-refractivity contribution < 1.29 is 18.7 Å². The quantitative estimate of drug-likeness (QED) is 0.747. The van der Waals surface area contributed by atoms with Crippen molar-refractivity contribution in [3.05, 3.63) is 63.9 Å². The largest absolute Gasteiger partial charge is 0.479 e. The molecule has 8 heteroatoms. The van der Waals surface area contributed by atoms with Gasteiger partial charge in [-0.1, -0.05) is 29.3 Å². The maximum Gasteiger partial charge on any atom is 0.263 e. The lowest BCUT2D eigenvalue weighted by molar-refractivity contribution is -0.139. The Bertz CT molecular complexity index is 868. The molecule has 0 N–H and O–H groups in total. The standard InChI is InChI=1S/C20H19Cl2FN2O3/c1-13(28-17-4-2-3-16(21)18(17)22)19(26)24-9-11-25(12-10-24)20(27)14-5-7-15(23)8-6-14/h2-8,13H,9-12H2,1H3.